The molecule has 0 aliphatic rings. The van der Waals surface area contributed by atoms with Crippen LogP contribution in [0, 0.1) is 7.14 Å². The number of carboxylic acids is 1. The first-order valence-corrected chi connectivity index (χ1v) is 9.49. The van der Waals surface area contributed by atoms with Gasteiger partial charge in [-0.3, -0.25) is 9.59 Å². The van der Waals surface area contributed by atoms with Crippen LogP contribution in [0.1, 0.15) is 28.1 Å². The fourth-order valence-electron chi connectivity index (χ4n) is 2.58. The van der Waals surface area contributed by atoms with Crippen LogP contribution in [0.15, 0.2) is 40.8 Å². The molecule has 0 fully saturated rings. The Labute approximate surface area is 170 Å². The van der Waals surface area contributed by atoms with Crippen molar-refractivity contribution in [2.45, 2.75) is 12.8 Å². The van der Waals surface area contributed by atoms with Crippen molar-refractivity contribution < 1.29 is 24.2 Å². The number of carbonyl (C=O) groups excluding carboxylic acids is 1. The normalized spacial score (nSPS) is 11.0. The lowest BCUT2D eigenvalue weighted by atomic mass is 9.98. The highest BCUT2D eigenvalue weighted by Crippen LogP contribution is 2.32. The Morgan fingerprint density at radius 3 is 2.36 bits per heavy atom. The smallest absolute Gasteiger partial charge is 0.303 e. The van der Waals surface area contributed by atoms with Crippen LogP contribution in [0.25, 0.3) is 11.0 Å². The van der Waals surface area contributed by atoms with E-state index in [1.165, 1.54) is 0 Å². The number of aryl methyl sites for hydroxylation is 1. The molecule has 0 radical (unpaired) electrons. The van der Waals surface area contributed by atoms with Crippen LogP contribution in [0.2, 0.25) is 0 Å². The minimum Gasteiger partial charge on any atom is -0.506 e. The Morgan fingerprint density at radius 2 is 1.72 bits per heavy atom. The van der Waals surface area contributed by atoms with Crippen LogP contribution in [0.4, 0.5) is 0 Å². The molecule has 25 heavy (non-hydrogen) atoms. The molecule has 7 heteroatoms. The number of phenols is 1. The van der Waals surface area contributed by atoms with E-state index in [0.29, 0.717) is 35.0 Å². The van der Waals surface area contributed by atoms with E-state index in [4.69, 9.17) is 9.52 Å². The van der Waals surface area contributed by atoms with E-state index in [1.54, 1.807) is 36.4 Å². The van der Waals surface area contributed by atoms with Crippen LogP contribution >= 0.6 is 45.2 Å². The lowest BCUT2D eigenvalue weighted by Gasteiger charge is -2.06. The number of rotatable bonds is 5. The van der Waals surface area contributed by atoms with Gasteiger partial charge in [0.1, 0.15) is 17.1 Å². The molecule has 0 spiro atoms. The number of carboxylic acid groups (broad SMARTS) is 1. The molecule has 1 aromatic heterocycles. The Morgan fingerprint density at radius 1 is 1.08 bits per heavy atom. The van der Waals surface area contributed by atoms with Crippen molar-refractivity contribution in [3.8, 4) is 5.75 Å². The monoisotopic (exact) mass is 562 g/mol. The van der Waals surface area contributed by atoms with Crippen molar-refractivity contribution in [1.29, 1.82) is 0 Å². The van der Waals surface area contributed by atoms with Crippen LogP contribution in [-0.2, 0) is 11.2 Å². The zero-order valence-corrected chi connectivity index (χ0v) is 17.1. The number of phenolic OH excluding ortho intramolecular Hbond substituents is 1. The fourth-order valence-corrected chi connectivity index (χ4v) is 4.35. The second-order valence-electron chi connectivity index (χ2n) is 5.41. The predicted octanol–water partition coefficient (Wildman–Crippen LogP) is 4.60. The number of hydrogen-bond acceptors (Lipinski definition) is 4. The molecule has 0 amide bonds. The van der Waals surface area contributed by atoms with Gasteiger partial charge in [0.05, 0.1) is 19.1 Å². The molecule has 0 saturated heterocycles. The van der Waals surface area contributed by atoms with Gasteiger partial charge < -0.3 is 14.6 Å². The van der Waals surface area contributed by atoms with E-state index in [1.807, 2.05) is 45.2 Å². The highest BCUT2D eigenvalue weighted by Gasteiger charge is 2.23. The number of benzene rings is 2. The molecule has 2 N–H and O–H groups in total. The third-order valence-electron chi connectivity index (χ3n) is 3.74. The summed E-state index contributed by atoms with van der Waals surface area (Å²) in [6.07, 6.45) is 0.0160. The quantitative estimate of drug-likeness (QED) is 0.351. The van der Waals surface area contributed by atoms with Gasteiger partial charge in [-0.2, -0.15) is 0 Å². The summed E-state index contributed by atoms with van der Waals surface area (Å²) in [5.74, 6) is -0.693. The molecule has 0 aliphatic carbocycles. The van der Waals surface area contributed by atoms with E-state index in [0.717, 1.165) is 0 Å². The summed E-state index contributed by atoms with van der Waals surface area (Å²) >= 11 is 3.94. The van der Waals surface area contributed by atoms with Crippen LogP contribution in [0.3, 0.4) is 0 Å². The van der Waals surface area contributed by atoms with Gasteiger partial charge in [-0.1, -0.05) is 18.2 Å². The third-order valence-corrected chi connectivity index (χ3v) is 5.39. The minimum absolute atomic E-state index is 0.120. The van der Waals surface area contributed by atoms with Crippen molar-refractivity contribution in [2.75, 3.05) is 0 Å². The summed E-state index contributed by atoms with van der Waals surface area (Å²) in [7, 11) is 0. The average Bonchev–Trinajstić information content (AvgIpc) is 2.95. The first-order chi connectivity index (χ1) is 11.9. The SMILES string of the molecule is O=C(O)CCc1oc2ccccc2c1C(=O)c1cc(I)c(O)c(I)c1. The van der Waals surface area contributed by atoms with E-state index in [-0.39, 0.29) is 24.4 Å². The summed E-state index contributed by atoms with van der Waals surface area (Å²) < 4.78 is 6.89. The second-order valence-corrected chi connectivity index (χ2v) is 7.73. The fraction of sp³-hybridized carbons (Fsp3) is 0.111. The number of hydrogen-bond donors (Lipinski definition) is 2. The second kappa shape index (κ2) is 7.32. The van der Waals surface area contributed by atoms with Crippen molar-refractivity contribution >= 4 is 67.9 Å². The zero-order valence-electron chi connectivity index (χ0n) is 12.8. The maximum absolute atomic E-state index is 13.1. The standard InChI is InChI=1S/C18H12I2O5/c19-11-7-9(8-12(20)18(11)24)17(23)16-10-3-1-2-4-13(10)25-14(16)5-6-15(21)22/h1-4,7-8,24H,5-6H2,(H,21,22). The van der Waals surface area contributed by atoms with E-state index < -0.39 is 5.97 Å². The molecule has 0 saturated carbocycles. The van der Waals surface area contributed by atoms with Gasteiger partial charge in [-0.05, 0) is 63.4 Å². The van der Waals surface area contributed by atoms with Gasteiger partial charge in [-0.15, -0.1) is 0 Å². The molecule has 2 aromatic carbocycles. The van der Waals surface area contributed by atoms with Crippen LogP contribution in [0.5, 0.6) is 5.75 Å². The molecular weight excluding hydrogens is 550 g/mol. The van der Waals surface area contributed by atoms with Crippen molar-refractivity contribution in [3.05, 3.63) is 60.4 Å². The molecule has 128 valence electrons. The summed E-state index contributed by atoms with van der Waals surface area (Å²) in [6.45, 7) is 0. The minimum atomic E-state index is -0.951. The number of furan rings is 1. The summed E-state index contributed by atoms with van der Waals surface area (Å²) in [4.78, 5) is 24.0. The largest absolute Gasteiger partial charge is 0.506 e. The first-order valence-electron chi connectivity index (χ1n) is 7.33. The number of fused-ring (bicyclic) bond motifs is 1. The number of ketones is 1. The molecule has 5 nitrogen and oxygen atoms in total. The van der Waals surface area contributed by atoms with Crippen molar-refractivity contribution in [3.63, 3.8) is 0 Å². The molecule has 0 aliphatic heterocycles. The number of carbonyl (C=O) groups is 2. The van der Waals surface area contributed by atoms with E-state index >= 15 is 0 Å². The lowest BCUT2D eigenvalue weighted by Crippen LogP contribution is -2.06. The topological polar surface area (TPSA) is 87.7 Å². The molecule has 0 atom stereocenters. The predicted molar refractivity (Wildman–Crippen MR) is 109 cm³/mol. The Balaban J connectivity index is 2.14. The maximum Gasteiger partial charge on any atom is 0.303 e. The number of halogens is 2. The molecule has 0 bridgehead atoms. The number of para-hydroxylation sites is 1. The summed E-state index contributed by atoms with van der Waals surface area (Å²) in [5, 5.41) is 19.5. The maximum atomic E-state index is 13.1. The highest BCUT2D eigenvalue weighted by atomic mass is 127. The van der Waals surface area contributed by atoms with Crippen molar-refractivity contribution in [1.82, 2.24) is 0 Å². The van der Waals surface area contributed by atoms with Crippen LogP contribution < -0.4 is 0 Å². The lowest BCUT2D eigenvalue weighted by molar-refractivity contribution is -0.137. The Hall–Kier alpha value is -1.62. The molecule has 0 unspecified atom stereocenters. The van der Waals surface area contributed by atoms with Gasteiger partial charge in [0, 0.05) is 17.4 Å². The van der Waals surface area contributed by atoms with E-state index in [2.05, 4.69) is 0 Å². The van der Waals surface area contributed by atoms with E-state index in [9.17, 15) is 14.7 Å². The third kappa shape index (κ3) is 3.66. The zero-order chi connectivity index (χ0) is 18.1. The summed E-state index contributed by atoms with van der Waals surface area (Å²) in [5.41, 5.74) is 1.36. The summed E-state index contributed by atoms with van der Waals surface area (Å²) in [6, 6.07) is 10.4. The molecule has 1 heterocycles. The van der Waals surface area contributed by atoms with Gasteiger partial charge >= 0.3 is 5.97 Å². The number of aromatic hydroxyl groups is 1. The van der Waals surface area contributed by atoms with Gasteiger partial charge in [0.25, 0.3) is 0 Å². The Bertz CT molecular complexity index is 967. The number of aliphatic carboxylic acids is 1. The average molecular weight is 562 g/mol. The Kier molecular flexibility index (Phi) is 5.32. The van der Waals surface area contributed by atoms with Gasteiger partial charge in [0.2, 0.25) is 0 Å². The molecule has 3 aromatic rings. The van der Waals surface area contributed by atoms with Gasteiger partial charge in [-0.25, -0.2) is 0 Å². The molecular formula is C18H12I2O5. The highest BCUT2D eigenvalue weighted by molar-refractivity contribution is 14.1. The molecule has 3 rings (SSSR count). The van der Waals surface area contributed by atoms with Gasteiger partial charge in [0.15, 0.2) is 5.78 Å². The van der Waals surface area contributed by atoms with Crippen molar-refractivity contribution in [2.24, 2.45) is 0 Å². The first kappa shape index (κ1) is 18.2. The van der Waals surface area contributed by atoms with Crippen LogP contribution in [-0.4, -0.2) is 22.0 Å².